The molecule has 0 aliphatic carbocycles. The minimum Gasteiger partial charge on any atom is -0.497 e. The SMILES string of the molecule is COc1ccc(CNc2cccc(C)c2F)cc1. The van der Waals surface area contributed by atoms with Crippen LogP contribution in [0.2, 0.25) is 0 Å². The van der Waals surface area contributed by atoms with Gasteiger partial charge in [-0.25, -0.2) is 4.39 Å². The van der Waals surface area contributed by atoms with Crippen molar-refractivity contribution in [3.63, 3.8) is 0 Å². The highest BCUT2D eigenvalue weighted by Gasteiger charge is 2.03. The first-order valence-electron chi connectivity index (χ1n) is 5.82. The van der Waals surface area contributed by atoms with Crippen molar-refractivity contribution in [2.75, 3.05) is 12.4 Å². The van der Waals surface area contributed by atoms with Gasteiger partial charge in [0.25, 0.3) is 0 Å². The summed E-state index contributed by atoms with van der Waals surface area (Å²) in [4.78, 5) is 0. The molecule has 0 unspecified atom stereocenters. The summed E-state index contributed by atoms with van der Waals surface area (Å²) in [7, 11) is 1.63. The zero-order chi connectivity index (χ0) is 13.0. The van der Waals surface area contributed by atoms with E-state index >= 15 is 0 Å². The number of hydrogen-bond donors (Lipinski definition) is 1. The molecule has 0 aromatic heterocycles. The van der Waals surface area contributed by atoms with Gasteiger partial charge in [0.15, 0.2) is 0 Å². The Morgan fingerprint density at radius 3 is 2.50 bits per heavy atom. The van der Waals surface area contributed by atoms with Crippen LogP contribution in [0.1, 0.15) is 11.1 Å². The molecule has 0 aliphatic heterocycles. The summed E-state index contributed by atoms with van der Waals surface area (Å²) >= 11 is 0. The van der Waals surface area contributed by atoms with Gasteiger partial charge in [-0.15, -0.1) is 0 Å². The van der Waals surface area contributed by atoms with Crippen LogP contribution >= 0.6 is 0 Å². The number of aryl methyl sites for hydroxylation is 1. The normalized spacial score (nSPS) is 10.2. The first kappa shape index (κ1) is 12.4. The molecular weight excluding hydrogens is 229 g/mol. The second-order valence-electron chi connectivity index (χ2n) is 4.14. The lowest BCUT2D eigenvalue weighted by molar-refractivity contribution is 0.414. The van der Waals surface area contributed by atoms with Crippen LogP contribution in [0.15, 0.2) is 42.5 Å². The summed E-state index contributed by atoms with van der Waals surface area (Å²) in [6.45, 7) is 2.35. The Labute approximate surface area is 106 Å². The van der Waals surface area contributed by atoms with E-state index in [1.165, 1.54) is 0 Å². The molecular formula is C15H16FNO. The summed E-state index contributed by atoms with van der Waals surface area (Å²) in [5.74, 6) is 0.631. The highest BCUT2D eigenvalue weighted by Crippen LogP contribution is 2.18. The smallest absolute Gasteiger partial charge is 0.149 e. The van der Waals surface area contributed by atoms with Crippen LogP contribution in [0, 0.1) is 12.7 Å². The molecule has 0 spiro atoms. The van der Waals surface area contributed by atoms with E-state index < -0.39 is 0 Å². The third kappa shape index (κ3) is 2.80. The molecule has 0 bridgehead atoms. The number of anilines is 1. The molecule has 0 saturated heterocycles. The van der Waals surface area contributed by atoms with Gasteiger partial charge >= 0.3 is 0 Å². The van der Waals surface area contributed by atoms with Crippen molar-refractivity contribution in [3.05, 3.63) is 59.4 Å². The standard InChI is InChI=1S/C15H16FNO/c1-11-4-3-5-14(15(11)16)17-10-12-6-8-13(18-2)9-7-12/h3-9,17H,10H2,1-2H3. The zero-order valence-corrected chi connectivity index (χ0v) is 10.5. The van der Waals surface area contributed by atoms with Gasteiger partial charge in [-0.2, -0.15) is 0 Å². The molecule has 2 nitrogen and oxygen atoms in total. The fourth-order valence-electron chi connectivity index (χ4n) is 1.72. The lowest BCUT2D eigenvalue weighted by Crippen LogP contribution is -2.02. The molecule has 0 aliphatic rings. The average molecular weight is 245 g/mol. The van der Waals surface area contributed by atoms with Gasteiger partial charge in [-0.1, -0.05) is 24.3 Å². The molecule has 0 saturated carbocycles. The van der Waals surface area contributed by atoms with Gasteiger partial charge in [0.1, 0.15) is 11.6 Å². The van der Waals surface area contributed by atoms with Crippen LogP contribution in [0.4, 0.5) is 10.1 Å². The number of ether oxygens (including phenoxy) is 1. The molecule has 18 heavy (non-hydrogen) atoms. The maximum atomic E-state index is 13.7. The second kappa shape index (κ2) is 5.54. The molecule has 2 rings (SSSR count). The number of hydrogen-bond acceptors (Lipinski definition) is 2. The average Bonchev–Trinajstić information content (AvgIpc) is 2.41. The van der Waals surface area contributed by atoms with Gasteiger partial charge < -0.3 is 10.1 Å². The monoisotopic (exact) mass is 245 g/mol. The Hall–Kier alpha value is -2.03. The lowest BCUT2D eigenvalue weighted by Gasteiger charge is -2.09. The van der Waals surface area contributed by atoms with E-state index in [0.717, 1.165) is 11.3 Å². The van der Waals surface area contributed by atoms with Crippen molar-refractivity contribution < 1.29 is 9.13 Å². The van der Waals surface area contributed by atoms with Gasteiger partial charge in [0.05, 0.1) is 12.8 Å². The second-order valence-corrected chi connectivity index (χ2v) is 4.14. The third-order valence-electron chi connectivity index (χ3n) is 2.83. The highest BCUT2D eigenvalue weighted by molar-refractivity contribution is 5.47. The van der Waals surface area contributed by atoms with E-state index in [2.05, 4.69) is 5.32 Å². The maximum absolute atomic E-state index is 13.7. The summed E-state index contributed by atoms with van der Waals surface area (Å²) in [5, 5.41) is 3.09. The molecule has 2 aromatic carbocycles. The van der Waals surface area contributed by atoms with Crippen molar-refractivity contribution in [1.29, 1.82) is 0 Å². The van der Waals surface area contributed by atoms with E-state index in [1.807, 2.05) is 30.3 Å². The van der Waals surface area contributed by atoms with Crippen LogP contribution in [0.3, 0.4) is 0 Å². The Morgan fingerprint density at radius 1 is 1.11 bits per heavy atom. The summed E-state index contributed by atoms with van der Waals surface area (Å²) in [6, 6.07) is 13.0. The van der Waals surface area contributed by atoms with Crippen molar-refractivity contribution >= 4 is 5.69 Å². The van der Waals surface area contributed by atoms with Crippen molar-refractivity contribution in [2.24, 2.45) is 0 Å². The predicted molar refractivity (Wildman–Crippen MR) is 71.5 cm³/mol. The predicted octanol–water partition coefficient (Wildman–Crippen LogP) is 3.75. The van der Waals surface area contributed by atoms with Gasteiger partial charge in [-0.3, -0.25) is 0 Å². The maximum Gasteiger partial charge on any atom is 0.149 e. The van der Waals surface area contributed by atoms with Crippen LogP contribution in [-0.4, -0.2) is 7.11 Å². The number of halogens is 1. The Kier molecular flexibility index (Phi) is 3.82. The van der Waals surface area contributed by atoms with Crippen LogP contribution < -0.4 is 10.1 Å². The van der Waals surface area contributed by atoms with Crippen LogP contribution in [0.5, 0.6) is 5.75 Å². The number of rotatable bonds is 4. The van der Waals surface area contributed by atoms with E-state index in [1.54, 1.807) is 26.2 Å². The minimum atomic E-state index is -0.189. The number of benzene rings is 2. The van der Waals surface area contributed by atoms with Crippen molar-refractivity contribution in [3.8, 4) is 5.75 Å². The highest BCUT2D eigenvalue weighted by atomic mass is 19.1. The van der Waals surface area contributed by atoms with Gasteiger partial charge in [0.2, 0.25) is 0 Å². The quantitative estimate of drug-likeness (QED) is 0.885. The van der Waals surface area contributed by atoms with E-state index in [-0.39, 0.29) is 5.82 Å². The fraction of sp³-hybridized carbons (Fsp3) is 0.200. The first-order chi connectivity index (χ1) is 8.70. The van der Waals surface area contributed by atoms with Crippen molar-refractivity contribution in [2.45, 2.75) is 13.5 Å². The van der Waals surface area contributed by atoms with Crippen molar-refractivity contribution in [1.82, 2.24) is 0 Å². The summed E-state index contributed by atoms with van der Waals surface area (Å²) in [5.41, 5.74) is 2.26. The zero-order valence-electron chi connectivity index (χ0n) is 10.5. The van der Waals surface area contributed by atoms with Crippen LogP contribution in [-0.2, 0) is 6.54 Å². The lowest BCUT2D eigenvalue weighted by atomic mass is 10.2. The third-order valence-corrected chi connectivity index (χ3v) is 2.83. The molecule has 3 heteroatoms. The molecule has 2 aromatic rings. The van der Waals surface area contributed by atoms with E-state index in [9.17, 15) is 4.39 Å². The van der Waals surface area contributed by atoms with E-state index in [4.69, 9.17) is 4.74 Å². The Balaban J connectivity index is 2.04. The molecule has 1 N–H and O–H groups in total. The molecule has 94 valence electrons. The van der Waals surface area contributed by atoms with Gasteiger partial charge in [-0.05, 0) is 36.2 Å². The number of nitrogens with one attached hydrogen (secondary N) is 1. The molecule has 0 atom stereocenters. The number of methoxy groups -OCH3 is 1. The van der Waals surface area contributed by atoms with E-state index in [0.29, 0.717) is 17.8 Å². The molecule has 0 amide bonds. The fourth-order valence-corrected chi connectivity index (χ4v) is 1.72. The van der Waals surface area contributed by atoms with Crippen LogP contribution in [0.25, 0.3) is 0 Å². The largest absolute Gasteiger partial charge is 0.497 e. The van der Waals surface area contributed by atoms with Gasteiger partial charge in [0, 0.05) is 6.54 Å². The summed E-state index contributed by atoms with van der Waals surface area (Å²) in [6.07, 6.45) is 0. The minimum absolute atomic E-state index is 0.189. The first-order valence-corrected chi connectivity index (χ1v) is 5.82. The molecule has 0 fully saturated rings. The summed E-state index contributed by atoms with van der Waals surface area (Å²) < 4.78 is 18.8. The Bertz CT molecular complexity index is 523. The topological polar surface area (TPSA) is 21.3 Å². The molecule has 0 heterocycles. The molecule has 0 radical (unpaired) electrons. The Morgan fingerprint density at radius 2 is 1.83 bits per heavy atom.